The van der Waals surface area contributed by atoms with Gasteiger partial charge in [-0.25, -0.2) is 4.79 Å². The van der Waals surface area contributed by atoms with Gasteiger partial charge in [-0.15, -0.1) is 0 Å². The molecule has 0 aliphatic carbocycles. The number of halogens is 1. The fourth-order valence-corrected chi connectivity index (χ4v) is 4.91. The number of benzene rings is 5. The minimum Gasteiger partial charge on any atom is -0.478 e. The molecular formula is C47H51ClN2O7. The molecule has 0 atom stereocenters. The van der Waals surface area contributed by atoms with Crippen LogP contribution in [0, 0.1) is 0 Å². The molecule has 1 amide bonds. The summed E-state index contributed by atoms with van der Waals surface area (Å²) in [4.78, 5) is 66.0. The third kappa shape index (κ3) is 16.2. The number of anilines is 2. The Kier molecular flexibility index (Phi) is 17.5. The summed E-state index contributed by atoms with van der Waals surface area (Å²) < 4.78 is 0. The van der Waals surface area contributed by atoms with Gasteiger partial charge >= 0.3 is 5.97 Å². The number of carbonyl (C=O) groups excluding carboxylic acids is 5. The summed E-state index contributed by atoms with van der Waals surface area (Å²) in [5.41, 5.74) is 12.9. The number of Topliss-reactive ketones (excluding diaryl/α,β-unsaturated/α-hetero) is 3. The Balaban J connectivity index is 0.000000276. The van der Waals surface area contributed by atoms with E-state index in [1.807, 2.05) is 36.4 Å². The maximum Gasteiger partial charge on any atom is 0.335 e. The van der Waals surface area contributed by atoms with Gasteiger partial charge in [0.1, 0.15) is 0 Å². The van der Waals surface area contributed by atoms with Crippen LogP contribution in [0.1, 0.15) is 136 Å². The predicted octanol–water partition coefficient (Wildman–Crippen LogP) is 10.9. The summed E-state index contributed by atoms with van der Waals surface area (Å²) in [7, 11) is 0. The van der Waals surface area contributed by atoms with Gasteiger partial charge in [0.05, 0.1) is 5.56 Å². The number of hydrogen-bond acceptors (Lipinski definition) is 7. The van der Waals surface area contributed by atoms with Gasteiger partial charge in [-0.3, -0.25) is 24.0 Å². The van der Waals surface area contributed by atoms with Crippen LogP contribution in [0.4, 0.5) is 11.4 Å². The van der Waals surface area contributed by atoms with E-state index in [2.05, 4.69) is 59.0 Å². The molecule has 10 heteroatoms. The molecule has 0 saturated carbocycles. The lowest BCUT2D eigenvalue weighted by Crippen LogP contribution is -2.13. The van der Waals surface area contributed by atoms with Crippen LogP contribution in [0.2, 0.25) is 0 Å². The minimum atomic E-state index is -0.981. The highest BCUT2D eigenvalue weighted by Gasteiger charge is 2.14. The van der Waals surface area contributed by atoms with Crippen LogP contribution in [0.15, 0.2) is 121 Å². The first-order valence-corrected chi connectivity index (χ1v) is 18.4. The highest BCUT2D eigenvalue weighted by Crippen LogP contribution is 2.24. The average Bonchev–Trinajstić information content (AvgIpc) is 3.15. The number of carboxylic acids is 1. The van der Waals surface area contributed by atoms with Crippen LogP contribution in [0.5, 0.6) is 0 Å². The summed E-state index contributed by atoms with van der Waals surface area (Å²) >= 11 is 5.21. The van der Waals surface area contributed by atoms with Crippen molar-refractivity contribution in [3.05, 3.63) is 166 Å². The molecule has 0 spiro atoms. The van der Waals surface area contributed by atoms with E-state index in [1.165, 1.54) is 68.3 Å². The number of rotatable bonds is 7. The van der Waals surface area contributed by atoms with Crippen molar-refractivity contribution in [2.75, 3.05) is 11.1 Å². The lowest BCUT2D eigenvalue weighted by molar-refractivity contribution is 0.0695. The van der Waals surface area contributed by atoms with Crippen molar-refractivity contribution in [3.8, 4) is 0 Å². The minimum absolute atomic E-state index is 0.00951. The molecule has 0 aliphatic heterocycles. The molecular weight excluding hydrogens is 740 g/mol. The van der Waals surface area contributed by atoms with Gasteiger partial charge in [0, 0.05) is 39.2 Å². The fraction of sp³-hybridized carbons (Fsp3) is 0.234. The Bertz CT molecular complexity index is 2010. The largest absolute Gasteiger partial charge is 0.478 e. The van der Waals surface area contributed by atoms with Gasteiger partial charge in [0.25, 0.3) is 11.1 Å². The number of carboxylic acid groups (broad SMARTS) is 1. The Hall–Kier alpha value is -6.19. The maximum atomic E-state index is 12.2. The molecule has 0 heterocycles. The zero-order valence-corrected chi connectivity index (χ0v) is 34.7. The molecule has 0 unspecified atom stereocenters. The number of hydrogen-bond donors (Lipinski definition) is 3. The number of amides is 1. The molecule has 0 aliphatic rings. The normalized spacial score (nSPS) is 10.5. The Morgan fingerprint density at radius 3 is 1.07 bits per heavy atom. The monoisotopic (exact) mass is 790 g/mol. The highest BCUT2D eigenvalue weighted by atomic mass is 35.5. The van der Waals surface area contributed by atoms with Gasteiger partial charge in [-0.05, 0) is 115 Å². The smallest absolute Gasteiger partial charge is 0.335 e. The van der Waals surface area contributed by atoms with Crippen molar-refractivity contribution in [2.45, 2.75) is 73.1 Å². The molecule has 0 bridgehead atoms. The van der Waals surface area contributed by atoms with Crippen LogP contribution in [0.3, 0.4) is 0 Å². The molecule has 5 aromatic carbocycles. The standard InChI is InChI=1S/C19H21NO2.C10H15N.C9H7ClO2.C9H8O3/c1-13(21)14-5-7-15(8-6-14)18(22)20-17-11-9-16(10-12-17)19(2,3)4;1-10(2,3)8-4-6-9(11)7-5-8;1-6(11)7-2-4-8(5-3-7)9(10)12;1-6(10)7-2-4-8(5-3-7)9(11)12/h5-12H,1-4H3,(H,20,22);4-7H,11H2,1-3H3;2-5H,1H3;2-5H,1H3,(H,11,12). The second kappa shape index (κ2) is 21.2. The molecule has 4 N–H and O–H groups in total. The van der Waals surface area contributed by atoms with E-state index >= 15 is 0 Å². The summed E-state index contributed by atoms with van der Waals surface area (Å²) in [5.74, 6) is -1.26. The van der Waals surface area contributed by atoms with Crippen molar-refractivity contribution in [3.63, 3.8) is 0 Å². The lowest BCUT2D eigenvalue weighted by Gasteiger charge is -2.19. The number of aromatic carboxylic acids is 1. The number of nitrogen functional groups attached to an aromatic ring is 1. The first-order valence-electron chi connectivity index (χ1n) is 18.0. The topological polar surface area (TPSA) is 161 Å². The third-order valence-electron chi connectivity index (χ3n) is 8.40. The molecule has 0 aromatic heterocycles. The third-order valence-corrected chi connectivity index (χ3v) is 8.61. The van der Waals surface area contributed by atoms with Crippen molar-refractivity contribution < 1.29 is 33.9 Å². The van der Waals surface area contributed by atoms with E-state index in [0.717, 1.165) is 11.4 Å². The molecule has 5 rings (SSSR count). The van der Waals surface area contributed by atoms with Gasteiger partial charge in [-0.1, -0.05) is 102 Å². The summed E-state index contributed by atoms with van der Waals surface area (Å²) in [6.07, 6.45) is 0. The number of nitrogens with one attached hydrogen (secondary N) is 1. The van der Waals surface area contributed by atoms with Gasteiger partial charge in [0.15, 0.2) is 17.3 Å². The van der Waals surface area contributed by atoms with Crippen molar-refractivity contribution in [1.29, 1.82) is 0 Å². The van der Waals surface area contributed by atoms with Crippen LogP contribution in [0.25, 0.3) is 0 Å². The number of ketones is 3. The van der Waals surface area contributed by atoms with E-state index in [0.29, 0.717) is 27.8 Å². The van der Waals surface area contributed by atoms with Crippen LogP contribution in [-0.4, -0.2) is 39.6 Å². The van der Waals surface area contributed by atoms with Crippen LogP contribution < -0.4 is 11.1 Å². The van der Waals surface area contributed by atoms with Crippen LogP contribution in [-0.2, 0) is 10.8 Å². The summed E-state index contributed by atoms with van der Waals surface area (Å²) in [5, 5.41) is 10.9. The fourth-order valence-electron chi connectivity index (χ4n) is 4.78. The Labute approximate surface area is 340 Å². The quantitative estimate of drug-likeness (QED) is 0.0834. The lowest BCUT2D eigenvalue weighted by atomic mass is 9.87. The SMILES string of the molecule is CC(=O)c1ccc(C(=O)Cl)cc1.CC(=O)c1ccc(C(=O)Nc2ccc(C(C)(C)C)cc2)cc1.CC(=O)c1ccc(C(=O)O)cc1.CC(C)(C)c1ccc(N)cc1. The zero-order valence-electron chi connectivity index (χ0n) is 33.9. The summed E-state index contributed by atoms with van der Waals surface area (Å²) in [6.45, 7) is 17.4. The number of nitrogens with two attached hydrogens (primary N) is 1. The first kappa shape index (κ1) is 47.0. The van der Waals surface area contributed by atoms with Crippen molar-refractivity contribution >= 4 is 57.4 Å². The summed E-state index contributed by atoms with van der Waals surface area (Å²) in [6, 6.07) is 34.6. The molecule has 9 nitrogen and oxygen atoms in total. The Morgan fingerprint density at radius 2 is 0.772 bits per heavy atom. The van der Waals surface area contributed by atoms with E-state index in [1.54, 1.807) is 36.4 Å². The second-order valence-corrected chi connectivity index (χ2v) is 15.5. The van der Waals surface area contributed by atoms with Crippen LogP contribution >= 0.6 is 11.6 Å². The van der Waals surface area contributed by atoms with Gasteiger partial charge in [-0.2, -0.15) is 0 Å². The van der Waals surface area contributed by atoms with Crippen molar-refractivity contribution in [2.24, 2.45) is 0 Å². The van der Waals surface area contributed by atoms with Gasteiger partial charge < -0.3 is 16.2 Å². The maximum absolute atomic E-state index is 12.2. The van der Waals surface area contributed by atoms with Gasteiger partial charge in [0.2, 0.25) is 0 Å². The molecule has 0 radical (unpaired) electrons. The van der Waals surface area contributed by atoms with E-state index in [9.17, 15) is 28.8 Å². The van der Waals surface area contributed by atoms with Crippen molar-refractivity contribution in [1.82, 2.24) is 0 Å². The number of carbonyl (C=O) groups is 6. The molecule has 0 fully saturated rings. The molecule has 5 aromatic rings. The highest BCUT2D eigenvalue weighted by molar-refractivity contribution is 6.67. The second-order valence-electron chi connectivity index (χ2n) is 15.1. The molecule has 57 heavy (non-hydrogen) atoms. The zero-order chi connectivity index (χ0) is 43.1. The predicted molar refractivity (Wildman–Crippen MR) is 229 cm³/mol. The van der Waals surface area contributed by atoms with E-state index in [4.69, 9.17) is 22.4 Å². The Morgan fingerprint density at radius 1 is 0.474 bits per heavy atom. The molecule has 0 saturated heterocycles. The average molecular weight is 791 g/mol. The van der Waals surface area contributed by atoms with E-state index in [-0.39, 0.29) is 39.7 Å². The molecule has 298 valence electrons. The van der Waals surface area contributed by atoms with E-state index < -0.39 is 11.2 Å². The first-order chi connectivity index (χ1) is 26.5.